The Balaban J connectivity index is 1.81. The van der Waals surface area contributed by atoms with Crippen molar-refractivity contribution in [3.8, 4) is 0 Å². The molecule has 0 unspecified atom stereocenters. The number of hydrogen-bond donors (Lipinski definition) is 1. The maximum Gasteiger partial charge on any atom is 0.329 e. The van der Waals surface area contributed by atoms with Gasteiger partial charge in [-0.3, -0.25) is 19.7 Å². The molecule has 0 bridgehead atoms. The number of aromatic nitrogens is 2. The minimum atomic E-state index is -0.379. The van der Waals surface area contributed by atoms with Gasteiger partial charge in [0, 0.05) is 24.9 Å². The topological polar surface area (TPSA) is 67.2 Å². The van der Waals surface area contributed by atoms with Gasteiger partial charge in [0.15, 0.2) is 5.82 Å². The van der Waals surface area contributed by atoms with Crippen molar-refractivity contribution >= 4 is 28.7 Å². The van der Waals surface area contributed by atoms with Crippen LogP contribution in [0.3, 0.4) is 0 Å². The summed E-state index contributed by atoms with van der Waals surface area (Å²) >= 11 is 0. The number of aryl methyl sites for hydroxylation is 1. The second-order valence-corrected chi connectivity index (χ2v) is 6.18. The predicted octanol–water partition coefficient (Wildman–Crippen LogP) is 2.20. The minimum Gasteiger partial charge on any atom is -0.278 e. The number of nitrogens with zero attached hydrogens (tertiary/aromatic N) is 3. The predicted molar refractivity (Wildman–Crippen MR) is 82.7 cm³/mol. The number of benzene rings is 1. The molecule has 1 N–H and O–H groups in total. The molecule has 0 radical (unpaired) electrons. The van der Waals surface area contributed by atoms with E-state index in [0.717, 1.165) is 23.0 Å². The van der Waals surface area contributed by atoms with Crippen molar-refractivity contribution < 1.29 is 9.59 Å². The van der Waals surface area contributed by atoms with Gasteiger partial charge in [-0.1, -0.05) is 12.1 Å². The standard InChI is InChI=1S/C16H18N4O2/c1-10-3-2-4-12-14(10)20(9-11-5-6-11)18-15(12)19-8-7-13(21)17-16(19)22/h2-4,11H,5-9H2,1H3,(H,17,21,22). The molecule has 1 saturated carbocycles. The molecule has 22 heavy (non-hydrogen) atoms. The monoisotopic (exact) mass is 298 g/mol. The first kappa shape index (κ1) is 13.3. The normalized spacial score (nSPS) is 18.9. The van der Waals surface area contributed by atoms with Crippen LogP contribution >= 0.6 is 0 Å². The van der Waals surface area contributed by atoms with E-state index in [2.05, 4.69) is 18.3 Å². The molecule has 1 aliphatic carbocycles. The summed E-state index contributed by atoms with van der Waals surface area (Å²) in [6.07, 6.45) is 2.82. The first-order valence-electron chi connectivity index (χ1n) is 7.71. The van der Waals surface area contributed by atoms with Gasteiger partial charge < -0.3 is 0 Å². The van der Waals surface area contributed by atoms with Crippen molar-refractivity contribution in [1.82, 2.24) is 15.1 Å². The Morgan fingerprint density at radius 2 is 2.14 bits per heavy atom. The van der Waals surface area contributed by atoms with Gasteiger partial charge in [-0.05, 0) is 37.3 Å². The molecule has 2 fully saturated rings. The van der Waals surface area contributed by atoms with E-state index in [1.807, 2.05) is 16.8 Å². The molecule has 0 atom stereocenters. The Labute approximate surface area is 128 Å². The van der Waals surface area contributed by atoms with E-state index in [1.54, 1.807) is 4.90 Å². The molecule has 1 aromatic heterocycles. The fraction of sp³-hybridized carbons (Fsp3) is 0.438. The van der Waals surface area contributed by atoms with Crippen LogP contribution in [0, 0.1) is 12.8 Å². The number of carbonyl (C=O) groups excluding carboxylic acids is 2. The molecule has 2 aliphatic rings. The number of nitrogens with one attached hydrogen (secondary N) is 1. The summed E-state index contributed by atoms with van der Waals surface area (Å²) in [5, 5.41) is 8.05. The van der Waals surface area contributed by atoms with Crippen LogP contribution in [-0.4, -0.2) is 28.3 Å². The lowest BCUT2D eigenvalue weighted by Gasteiger charge is -2.24. The van der Waals surface area contributed by atoms with Crippen LogP contribution in [-0.2, 0) is 11.3 Å². The van der Waals surface area contributed by atoms with Crippen molar-refractivity contribution in [2.75, 3.05) is 11.4 Å². The molecule has 1 aromatic carbocycles. The average molecular weight is 298 g/mol. The van der Waals surface area contributed by atoms with Gasteiger partial charge in [0.2, 0.25) is 5.91 Å². The van der Waals surface area contributed by atoms with Crippen LogP contribution in [0.15, 0.2) is 18.2 Å². The van der Waals surface area contributed by atoms with E-state index in [0.29, 0.717) is 24.7 Å². The number of hydrogen-bond acceptors (Lipinski definition) is 3. The third-order valence-corrected chi connectivity index (χ3v) is 4.39. The van der Waals surface area contributed by atoms with Gasteiger partial charge in [0.05, 0.1) is 5.52 Å². The molecule has 6 nitrogen and oxygen atoms in total. The van der Waals surface area contributed by atoms with Gasteiger partial charge >= 0.3 is 6.03 Å². The first-order valence-corrected chi connectivity index (χ1v) is 7.71. The van der Waals surface area contributed by atoms with E-state index in [9.17, 15) is 9.59 Å². The van der Waals surface area contributed by atoms with Crippen LogP contribution in [0.4, 0.5) is 10.6 Å². The van der Waals surface area contributed by atoms with Crippen LogP contribution in [0.1, 0.15) is 24.8 Å². The molecule has 2 aromatic rings. The third kappa shape index (κ3) is 2.15. The Morgan fingerprint density at radius 1 is 1.32 bits per heavy atom. The fourth-order valence-corrected chi connectivity index (χ4v) is 3.04. The fourth-order valence-electron chi connectivity index (χ4n) is 3.04. The van der Waals surface area contributed by atoms with Gasteiger partial charge in [-0.25, -0.2) is 4.79 Å². The number of urea groups is 1. The quantitative estimate of drug-likeness (QED) is 0.944. The highest BCUT2D eigenvalue weighted by molar-refractivity contribution is 6.09. The maximum atomic E-state index is 12.1. The second kappa shape index (κ2) is 4.83. The first-order chi connectivity index (χ1) is 10.6. The zero-order chi connectivity index (χ0) is 15.3. The summed E-state index contributed by atoms with van der Waals surface area (Å²) in [5.41, 5.74) is 2.25. The average Bonchev–Trinajstić information content (AvgIpc) is 3.21. The molecule has 1 saturated heterocycles. The third-order valence-electron chi connectivity index (χ3n) is 4.39. The Kier molecular flexibility index (Phi) is 2.92. The smallest absolute Gasteiger partial charge is 0.278 e. The van der Waals surface area contributed by atoms with Gasteiger partial charge in [-0.2, -0.15) is 5.10 Å². The SMILES string of the molecule is Cc1cccc2c(N3CCC(=O)NC3=O)nn(CC3CC3)c12. The largest absolute Gasteiger partial charge is 0.329 e. The van der Waals surface area contributed by atoms with Crippen molar-refractivity contribution in [1.29, 1.82) is 0 Å². The summed E-state index contributed by atoms with van der Waals surface area (Å²) in [6, 6.07) is 5.67. The Bertz CT molecular complexity index is 776. The molecule has 0 spiro atoms. The van der Waals surface area contributed by atoms with Gasteiger partial charge in [0.25, 0.3) is 0 Å². The summed E-state index contributed by atoms with van der Waals surface area (Å²) in [5.74, 6) is 1.14. The second-order valence-electron chi connectivity index (χ2n) is 6.18. The summed E-state index contributed by atoms with van der Waals surface area (Å²) in [7, 11) is 0. The summed E-state index contributed by atoms with van der Waals surface area (Å²) in [4.78, 5) is 25.0. The van der Waals surface area contributed by atoms with Crippen molar-refractivity contribution in [3.63, 3.8) is 0 Å². The molecule has 4 rings (SSSR count). The highest BCUT2D eigenvalue weighted by Gasteiger charge is 2.30. The number of para-hydroxylation sites is 1. The Morgan fingerprint density at radius 3 is 2.86 bits per heavy atom. The van der Waals surface area contributed by atoms with Gasteiger partial charge in [-0.15, -0.1) is 0 Å². The van der Waals surface area contributed by atoms with E-state index in [-0.39, 0.29) is 11.9 Å². The zero-order valence-corrected chi connectivity index (χ0v) is 12.5. The molecular formula is C16H18N4O2. The molecule has 114 valence electrons. The lowest BCUT2D eigenvalue weighted by molar-refractivity contribution is -0.120. The maximum absolute atomic E-state index is 12.1. The number of carbonyl (C=O) groups is 2. The summed E-state index contributed by atoms with van der Waals surface area (Å²) in [6.45, 7) is 3.35. The molecule has 2 heterocycles. The molecule has 3 amide bonds. The van der Waals surface area contributed by atoms with E-state index >= 15 is 0 Å². The number of rotatable bonds is 3. The van der Waals surface area contributed by atoms with Crippen LogP contribution in [0.5, 0.6) is 0 Å². The van der Waals surface area contributed by atoms with Crippen LogP contribution < -0.4 is 10.2 Å². The number of imide groups is 1. The van der Waals surface area contributed by atoms with E-state index < -0.39 is 0 Å². The van der Waals surface area contributed by atoms with Crippen molar-refractivity contribution in [2.45, 2.75) is 32.7 Å². The van der Waals surface area contributed by atoms with E-state index in [1.165, 1.54) is 12.8 Å². The highest BCUT2D eigenvalue weighted by Crippen LogP contribution is 2.35. The van der Waals surface area contributed by atoms with Crippen molar-refractivity contribution in [2.24, 2.45) is 5.92 Å². The summed E-state index contributed by atoms with van der Waals surface area (Å²) < 4.78 is 2.03. The molecule has 6 heteroatoms. The van der Waals surface area contributed by atoms with Gasteiger partial charge in [0.1, 0.15) is 0 Å². The van der Waals surface area contributed by atoms with Crippen LogP contribution in [0.25, 0.3) is 10.9 Å². The van der Waals surface area contributed by atoms with Crippen LogP contribution in [0.2, 0.25) is 0 Å². The van der Waals surface area contributed by atoms with Crippen molar-refractivity contribution in [3.05, 3.63) is 23.8 Å². The lowest BCUT2D eigenvalue weighted by Crippen LogP contribution is -2.49. The zero-order valence-electron chi connectivity index (χ0n) is 12.5. The Hall–Kier alpha value is -2.37. The van der Waals surface area contributed by atoms with E-state index in [4.69, 9.17) is 5.10 Å². The molecular weight excluding hydrogens is 280 g/mol. The minimum absolute atomic E-state index is 0.223. The molecule has 1 aliphatic heterocycles. The number of amides is 3. The number of fused-ring (bicyclic) bond motifs is 1. The lowest BCUT2D eigenvalue weighted by atomic mass is 10.1. The highest BCUT2D eigenvalue weighted by atomic mass is 16.2. The number of anilines is 1.